The molecule has 5 heteroatoms. The van der Waals surface area contributed by atoms with E-state index in [1.807, 2.05) is 14.1 Å². The topological polar surface area (TPSA) is 41.6 Å². The van der Waals surface area contributed by atoms with Crippen LogP contribution in [0.3, 0.4) is 0 Å². The average Bonchev–Trinajstić information content (AvgIpc) is 2.30. The van der Waals surface area contributed by atoms with Crippen LogP contribution in [0.15, 0.2) is 0 Å². The molecule has 1 spiro atoms. The van der Waals surface area contributed by atoms with E-state index in [0.717, 1.165) is 45.4 Å². The monoisotopic (exact) mass is 276 g/mol. The van der Waals surface area contributed by atoms with E-state index in [9.17, 15) is 4.79 Å². The van der Waals surface area contributed by atoms with Gasteiger partial charge in [-0.05, 0) is 44.7 Å². The summed E-state index contributed by atoms with van der Waals surface area (Å²) in [6.07, 6.45) is 4.98. The zero-order chi connectivity index (χ0) is 12.3. The van der Waals surface area contributed by atoms with Crippen LogP contribution < -0.4 is 5.32 Å². The number of carbonyl (C=O) groups is 1. The first-order chi connectivity index (χ1) is 8.11. The molecule has 0 radical (unpaired) electrons. The van der Waals surface area contributed by atoms with Crippen LogP contribution in [0.5, 0.6) is 0 Å². The highest BCUT2D eigenvalue weighted by Gasteiger charge is 2.38. The summed E-state index contributed by atoms with van der Waals surface area (Å²) in [5.74, 6) is 0.762. The molecule has 1 amide bonds. The Kier molecular flexibility index (Phi) is 5.89. The number of amides is 1. The summed E-state index contributed by atoms with van der Waals surface area (Å²) in [6, 6.07) is 0. The number of nitrogens with zero attached hydrogens (tertiary/aromatic N) is 1. The molecule has 0 bridgehead atoms. The van der Waals surface area contributed by atoms with Crippen LogP contribution in [-0.2, 0) is 9.53 Å². The van der Waals surface area contributed by atoms with E-state index >= 15 is 0 Å². The van der Waals surface area contributed by atoms with Crippen LogP contribution in [-0.4, -0.2) is 50.2 Å². The van der Waals surface area contributed by atoms with Crippen molar-refractivity contribution in [3.05, 3.63) is 0 Å². The van der Waals surface area contributed by atoms with Gasteiger partial charge in [-0.3, -0.25) is 4.79 Å². The van der Waals surface area contributed by atoms with Crippen molar-refractivity contribution in [1.82, 2.24) is 10.2 Å². The summed E-state index contributed by atoms with van der Waals surface area (Å²) in [7, 11) is 3.67. The predicted octanol–water partition coefficient (Wildman–Crippen LogP) is 1.44. The molecule has 1 atom stereocenters. The smallest absolute Gasteiger partial charge is 0.222 e. The maximum absolute atomic E-state index is 11.8. The van der Waals surface area contributed by atoms with Crippen molar-refractivity contribution < 1.29 is 9.53 Å². The minimum Gasteiger partial charge on any atom is -0.375 e. The zero-order valence-electron chi connectivity index (χ0n) is 11.4. The van der Waals surface area contributed by atoms with E-state index in [1.165, 1.54) is 0 Å². The quantitative estimate of drug-likeness (QED) is 0.830. The minimum absolute atomic E-state index is 0. The Morgan fingerprint density at radius 2 is 2.06 bits per heavy atom. The fourth-order valence-electron chi connectivity index (χ4n) is 2.96. The zero-order valence-corrected chi connectivity index (χ0v) is 12.2. The molecule has 1 N–H and O–H groups in total. The highest BCUT2D eigenvalue weighted by molar-refractivity contribution is 5.85. The van der Waals surface area contributed by atoms with Gasteiger partial charge < -0.3 is 15.0 Å². The lowest BCUT2D eigenvalue weighted by Gasteiger charge is -2.43. The molecule has 106 valence electrons. The van der Waals surface area contributed by atoms with Crippen LogP contribution in [0.4, 0.5) is 0 Å². The standard InChI is InChI=1S/C13H24N2O2.ClH/c1-15(2)12(16)9-11-3-8-17-13(10-11)4-6-14-7-5-13;/h11,14H,3-10H2,1-2H3;1H. The fourth-order valence-corrected chi connectivity index (χ4v) is 2.96. The minimum atomic E-state index is 0. The van der Waals surface area contributed by atoms with Crippen LogP contribution in [0, 0.1) is 5.92 Å². The maximum atomic E-state index is 11.8. The molecule has 2 fully saturated rings. The fraction of sp³-hybridized carbons (Fsp3) is 0.923. The number of hydrogen-bond acceptors (Lipinski definition) is 3. The summed E-state index contributed by atoms with van der Waals surface area (Å²) < 4.78 is 6.01. The van der Waals surface area contributed by atoms with Crippen molar-refractivity contribution in [3.8, 4) is 0 Å². The molecule has 2 aliphatic rings. The molecular weight excluding hydrogens is 252 g/mol. The molecule has 0 aromatic heterocycles. The molecule has 0 aliphatic carbocycles. The summed E-state index contributed by atoms with van der Waals surface area (Å²) in [4.78, 5) is 13.5. The summed E-state index contributed by atoms with van der Waals surface area (Å²) in [6.45, 7) is 2.92. The largest absolute Gasteiger partial charge is 0.375 e. The van der Waals surface area contributed by atoms with E-state index in [-0.39, 0.29) is 23.9 Å². The lowest BCUT2D eigenvalue weighted by atomic mass is 9.78. The number of carbonyl (C=O) groups excluding carboxylic acids is 1. The third-order valence-electron chi connectivity index (χ3n) is 4.07. The van der Waals surface area contributed by atoms with Crippen LogP contribution in [0.2, 0.25) is 0 Å². The van der Waals surface area contributed by atoms with Crippen molar-refractivity contribution in [3.63, 3.8) is 0 Å². The van der Waals surface area contributed by atoms with Gasteiger partial charge in [-0.2, -0.15) is 0 Å². The molecule has 2 saturated heterocycles. The number of piperidine rings is 1. The summed E-state index contributed by atoms with van der Waals surface area (Å²) >= 11 is 0. The second kappa shape index (κ2) is 6.73. The van der Waals surface area contributed by atoms with Crippen molar-refractivity contribution in [2.75, 3.05) is 33.8 Å². The third kappa shape index (κ3) is 3.84. The van der Waals surface area contributed by atoms with Crippen molar-refractivity contribution >= 4 is 18.3 Å². The van der Waals surface area contributed by atoms with Crippen molar-refractivity contribution in [1.29, 1.82) is 0 Å². The van der Waals surface area contributed by atoms with Gasteiger partial charge in [0.1, 0.15) is 0 Å². The molecule has 0 aromatic rings. The van der Waals surface area contributed by atoms with Gasteiger partial charge in [0.05, 0.1) is 5.60 Å². The van der Waals surface area contributed by atoms with Crippen LogP contribution >= 0.6 is 12.4 Å². The van der Waals surface area contributed by atoms with E-state index in [1.54, 1.807) is 4.90 Å². The lowest BCUT2D eigenvalue weighted by Crippen LogP contribution is -2.48. The summed E-state index contributed by atoms with van der Waals surface area (Å²) in [5, 5.41) is 3.37. The van der Waals surface area contributed by atoms with E-state index in [4.69, 9.17) is 4.74 Å². The molecular formula is C13H25ClN2O2. The van der Waals surface area contributed by atoms with Gasteiger partial charge in [0.15, 0.2) is 0 Å². The van der Waals surface area contributed by atoms with Crippen LogP contribution in [0.1, 0.15) is 32.1 Å². The normalized spacial score (nSPS) is 26.4. The van der Waals surface area contributed by atoms with E-state index < -0.39 is 0 Å². The van der Waals surface area contributed by atoms with E-state index in [0.29, 0.717) is 12.3 Å². The molecule has 2 rings (SSSR count). The number of rotatable bonds is 2. The predicted molar refractivity (Wildman–Crippen MR) is 74.1 cm³/mol. The third-order valence-corrected chi connectivity index (χ3v) is 4.07. The average molecular weight is 277 g/mol. The Balaban J connectivity index is 0.00000162. The van der Waals surface area contributed by atoms with Gasteiger partial charge in [-0.25, -0.2) is 0 Å². The van der Waals surface area contributed by atoms with Crippen molar-refractivity contribution in [2.45, 2.75) is 37.7 Å². The van der Waals surface area contributed by atoms with Crippen LogP contribution in [0.25, 0.3) is 0 Å². The lowest BCUT2D eigenvalue weighted by molar-refractivity contribution is -0.136. The van der Waals surface area contributed by atoms with Gasteiger partial charge in [0.25, 0.3) is 0 Å². The molecule has 18 heavy (non-hydrogen) atoms. The highest BCUT2D eigenvalue weighted by atomic mass is 35.5. The molecule has 1 unspecified atom stereocenters. The second-order valence-corrected chi connectivity index (χ2v) is 5.63. The summed E-state index contributed by atoms with van der Waals surface area (Å²) in [5.41, 5.74) is 0.0702. The van der Waals surface area contributed by atoms with Gasteiger partial charge >= 0.3 is 0 Å². The highest BCUT2D eigenvalue weighted by Crippen LogP contribution is 2.37. The molecule has 0 aromatic carbocycles. The number of halogens is 1. The van der Waals surface area contributed by atoms with E-state index in [2.05, 4.69) is 5.32 Å². The second-order valence-electron chi connectivity index (χ2n) is 5.63. The SMILES string of the molecule is CN(C)C(=O)CC1CCOC2(CCNCC2)C1.Cl. The Hall–Kier alpha value is -0.320. The first-order valence-electron chi connectivity index (χ1n) is 6.66. The Bertz CT molecular complexity index is 273. The Labute approximate surface area is 116 Å². The number of hydrogen-bond donors (Lipinski definition) is 1. The number of ether oxygens (including phenoxy) is 1. The van der Waals surface area contributed by atoms with Gasteiger partial charge in [0.2, 0.25) is 5.91 Å². The van der Waals surface area contributed by atoms with Gasteiger partial charge in [0, 0.05) is 27.1 Å². The molecule has 0 saturated carbocycles. The molecule has 4 nitrogen and oxygen atoms in total. The Morgan fingerprint density at radius 1 is 1.39 bits per heavy atom. The first-order valence-corrected chi connectivity index (χ1v) is 6.66. The van der Waals surface area contributed by atoms with Gasteiger partial charge in [-0.15, -0.1) is 12.4 Å². The Morgan fingerprint density at radius 3 is 2.67 bits per heavy atom. The molecule has 2 aliphatic heterocycles. The first kappa shape index (κ1) is 15.7. The van der Waals surface area contributed by atoms with Crippen molar-refractivity contribution in [2.24, 2.45) is 5.92 Å². The number of nitrogens with one attached hydrogen (secondary N) is 1. The van der Waals surface area contributed by atoms with Gasteiger partial charge in [-0.1, -0.05) is 0 Å². The maximum Gasteiger partial charge on any atom is 0.222 e. The molecule has 2 heterocycles.